The van der Waals surface area contributed by atoms with Gasteiger partial charge >= 0.3 is 0 Å². The SMILES string of the molecule is COc1ccc(-c2[nH]c3c(c2C(=O)NCc2ccc4c(c2)OCO4)[C@@H](C)[C@H](c2ccccc2)CC3=O)cc1. The molecule has 2 heterocycles. The molecule has 1 aliphatic carbocycles. The van der Waals surface area contributed by atoms with Crippen molar-refractivity contribution in [2.45, 2.75) is 31.7 Å². The largest absolute Gasteiger partial charge is 0.497 e. The van der Waals surface area contributed by atoms with Crippen LogP contribution in [-0.4, -0.2) is 30.6 Å². The summed E-state index contributed by atoms with van der Waals surface area (Å²) in [5, 5.41) is 3.07. The molecule has 1 aromatic heterocycles. The molecule has 4 aromatic rings. The van der Waals surface area contributed by atoms with Gasteiger partial charge in [0, 0.05) is 13.0 Å². The van der Waals surface area contributed by atoms with Gasteiger partial charge in [0.1, 0.15) is 5.75 Å². The molecule has 0 saturated carbocycles. The van der Waals surface area contributed by atoms with Crippen LogP contribution in [-0.2, 0) is 6.54 Å². The predicted octanol–water partition coefficient (Wildman–Crippen LogP) is 5.82. The second-order valence-electron chi connectivity index (χ2n) is 9.70. The van der Waals surface area contributed by atoms with E-state index in [1.54, 1.807) is 7.11 Å². The van der Waals surface area contributed by atoms with E-state index in [9.17, 15) is 9.59 Å². The van der Waals surface area contributed by atoms with E-state index >= 15 is 0 Å². The number of fused-ring (bicyclic) bond motifs is 2. The molecule has 7 heteroatoms. The fourth-order valence-corrected chi connectivity index (χ4v) is 5.51. The van der Waals surface area contributed by atoms with E-state index in [1.165, 1.54) is 0 Å². The van der Waals surface area contributed by atoms with Gasteiger partial charge in [0.15, 0.2) is 17.3 Å². The molecule has 0 fully saturated rings. The van der Waals surface area contributed by atoms with E-state index in [1.807, 2.05) is 60.7 Å². The van der Waals surface area contributed by atoms with Crippen LogP contribution in [0.5, 0.6) is 17.2 Å². The molecule has 1 aliphatic heterocycles. The molecule has 3 aromatic carbocycles. The Bertz CT molecular complexity index is 1510. The molecule has 1 amide bonds. The molecule has 192 valence electrons. The first-order valence-electron chi connectivity index (χ1n) is 12.7. The van der Waals surface area contributed by atoms with E-state index in [0.29, 0.717) is 47.2 Å². The topological polar surface area (TPSA) is 89.7 Å². The number of Topliss-reactive ketones (excluding diaryl/α,β-unsaturated/α-hetero) is 1. The van der Waals surface area contributed by atoms with Gasteiger partial charge in [-0.05, 0) is 70.5 Å². The highest BCUT2D eigenvalue weighted by atomic mass is 16.7. The van der Waals surface area contributed by atoms with Crippen LogP contribution in [0.1, 0.15) is 62.7 Å². The molecule has 0 spiro atoms. The zero-order valence-electron chi connectivity index (χ0n) is 21.2. The second-order valence-corrected chi connectivity index (χ2v) is 9.70. The van der Waals surface area contributed by atoms with Crippen molar-refractivity contribution in [1.82, 2.24) is 10.3 Å². The number of hydrogen-bond donors (Lipinski definition) is 2. The van der Waals surface area contributed by atoms with Gasteiger partial charge in [0.25, 0.3) is 5.91 Å². The van der Waals surface area contributed by atoms with E-state index < -0.39 is 0 Å². The Hall–Kier alpha value is -4.52. The maximum Gasteiger partial charge on any atom is 0.254 e. The summed E-state index contributed by atoms with van der Waals surface area (Å²) < 4.78 is 16.2. The Kier molecular flexibility index (Phi) is 6.12. The molecule has 38 heavy (non-hydrogen) atoms. The summed E-state index contributed by atoms with van der Waals surface area (Å²) in [5.41, 5.74) is 5.22. The summed E-state index contributed by atoms with van der Waals surface area (Å²) in [6, 6.07) is 23.2. The average molecular weight is 509 g/mol. The number of ether oxygens (including phenoxy) is 3. The van der Waals surface area contributed by atoms with E-state index in [4.69, 9.17) is 14.2 Å². The van der Waals surface area contributed by atoms with Crippen molar-refractivity contribution in [3.8, 4) is 28.5 Å². The number of amides is 1. The molecule has 6 rings (SSSR count). The quantitative estimate of drug-likeness (QED) is 0.342. The maximum atomic E-state index is 13.9. The van der Waals surface area contributed by atoms with Gasteiger partial charge in [-0.1, -0.05) is 43.3 Å². The monoisotopic (exact) mass is 508 g/mol. The summed E-state index contributed by atoms with van der Waals surface area (Å²) in [7, 11) is 1.61. The van der Waals surface area contributed by atoms with Gasteiger partial charge in [-0.3, -0.25) is 9.59 Å². The van der Waals surface area contributed by atoms with Crippen LogP contribution in [0.4, 0.5) is 0 Å². The van der Waals surface area contributed by atoms with Gasteiger partial charge < -0.3 is 24.5 Å². The highest BCUT2D eigenvalue weighted by Crippen LogP contribution is 2.46. The van der Waals surface area contributed by atoms with E-state index in [2.05, 4.69) is 29.4 Å². The lowest BCUT2D eigenvalue weighted by molar-refractivity contribution is 0.0948. The summed E-state index contributed by atoms with van der Waals surface area (Å²) in [5.74, 6) is 1.79. The smallest absolute Gasteiger partial charge is 0.254 e. The van der Waals surface area contributed by atoms with Crippen LogP contribution in [0.15, 0.2) is 72.8 Å². The normalized spacial score (nSPS) is 17.7. The molecule has 0 bridgehead atoms. The van der Waals surface area contributed by atoms with Gasteiger partial charge in [-0.2, -0.15) is 0 Å². The summed E-state index contributed by atoms with van der Waals surface area (Å²) in [4.78, 5) is 30.6. The Labute approximate surface area is 220 Å². The van der Waals surface area contributed by atoms with Crippen LogP contribution in [0.2, 0.25) is 0 Å². The fraction of sp³-hybridized carbons (Fsp3) is 0.226. The number of H-pyrrole nitrogens is 1. The van der Waals surface area contributed by atoms with Crippen molar-refractivity contribution in [3.63, 3.8) is 0 Å². The van der Waals surface area contributed by atoms with Crippen molar-refractivity contribution in [1.29, 1.82) is 0 Å². The van der Waals surface area contributed by atoms with Gasteiger partial charge in [-0.25, -0.2) is 0 Å². The molecule has 0 saturated heterocycles. The van der Waals surface area contributed by atoms with Crippen molar-refractivity contribution >= 4 is 11.7 Å². The van der Waals surface area contributed by atoms with Crippen LogP contribution < -0.4 is 19.5 Å². The zero-order chi connectivity index (χ0) is 26.2. The zero-order valence-corrected chi connectivity index (χ0v) is 21.2. The molecule has 2 atom stereocenters. The van der Waals surface area contributed by atoms with E-state index in [-0.39, 0.29) is 30.3 Å². The number of carbonyl (C=O) groups is 2. The van der Waals surface area contributed by atoms with Crippen LogP contribution >= 0.6 is 0 Å². The summed E-state index contributed by atoms with van der Waals surface area (Å²) >= 11 is 0. The standard InChI is InChI=1S/C31H28N2O5/c1-18-23(20-6-4-3-5-7-20)15-24(34)30-27(18)28(29(33-30)21-9-11-22(36-2)12-10-21)31(35)32-16-19-8-13-25-26(14-19)38-17-37-25/h3-14,18,23,33H,15-17H2,1-2H3,(H,32,35)/t18-,23+/m0/s1. The first-order chi connectivity index (χ1) is 18.5. The third-order valence-corrected chi connectivity index (χ3v) is 7.51. The summed E-state index contributed by atoms with van der Waals surface area (Å²) in [6.45, 7) is 2.60. The minimum absolute atomic E-state index is 0.0107. The third-order valence-electron chi connectivity index (χ3n) is 7.51. The Balaban J connectivity index is 1.39. The lowest BCUT2D eigenvalue weighted by atomic mass is 9.73. The molecule has 2 N–H and O–H groups in total. The Morgan fingerprint density at radius 1 is 1.00 bits per heavy atom. The first-order valence-corrected chi connectivity index (χ1v) is 12.7. The number of methoxy groups -OCH3 is 1. The van der Waals surface area contributed by atoms with Crippen molar-refractivity contribution in [3.05, 3.63) is 101 Å². The number of hydrogen-bond acceptors (Lipinski definition) is 5. The second kappa shape index (κ2) is 9.74. The van der Waals surface area contributed by atoms with Crippen molar-refractivity contribution in [2.75, 3.05) is 13.9 Å². The Morgan fingerprint density at radius 2 is 1.76 bits per heavy atom. The number of aromatic amines is 1. The predicted molar refractivity (Wildman–Crippen MR) is 143 cm³/mol. The highest BCUT2D eigenvalue weighted by molar-refractivity contribution is 6.08. The Morgan fingerprint density at radius 3 is 2.53 bits per heavy atom. The number of ketones is 1. The van der Waals surface area contributed by atoms with Crippen LogP contribution in [0.3, 0.4) is 0 Å². The lowest BCUT2D eigenvalue weighted by Gasteiger charge is -2.29. The third kappa shape index (κ3) is 4.20. The van der Waals surface area contributed by atoms with Gasteiger partial charge in [-0.15, -0.1) is 0 Å². The molecule has 0 radical (unpaired) electrons. The minimum atomic E-state index is -0.237. The maximum absolute atomic E-state index is 13.9. The highest BCUT2D eigenvalue weighted by Gasteiger charge is 2.38. The molecular weight excluding hydrogens is 480 g/mol. The minimum Gasteiger partial charge on any atom is -0.497 e. The van der Waals surface area contributed by atoms with Crippen molar-refractivity contribution in [2.24, 2.45) is 0 Å². The van der Waals surface area contributed by atoms with Gasteiger partial charge in [0.2, 0.25) is 6.79 Å². The molecular formula is C31H28N2O5. The van der Waals surface area contributed by atoms with Crippen LogP contribution in [0.25, 0.3) is 11.3 Å². The number of nitrogens with one attached hydrogen (secondary N) is 2. The fourth-order valence-electron chi connectivity index (χ4n) is 5.51. The van der Waals surface area contributed by atoms with Crippen LogP contribution in [0, 0.1) is 0 Å². The molecule has 7 nitrogen and oxygen atoms in total. The number of benzene rings is 3. The number of rotatable bonds is 6. The summed E-state index contributed by atoms with van der Waals surface area (Å²) in [6.07, 6.45) is 0.388. The average Bonchev–Trinajstić information content (AvgIpc) is 3.59. The van der Waals surface area contributed by atoms with Gasteiger partial charge in [0.05, 0.1) is 24.1 Å². The molecule has 2 aliphatic rings. The number of aromatic nitrogens is 1. The van der Waals surface area contributed by atoms with E-state index in [0.717, 1.165) is 22.3 Å². The molecule has 0 unspecified atom stereocenters. The number of carbonyl (C=O) groups excluding carboxylic acids is 2. The first kappa shape index (κ1) is 23.9. The lowest BCUT2D eigenvalue weighted by Crippen LogP contribution is -2.27. The van der Waals surface area contributed by atoms with Crippen molar-refractivity contribution < 1.29 is 23.8 Å².